The lowest BCUT2D eigenvalue weighted by Crippen LogP contribution is -2.30. The fraction of sp³-hybridized carbons (Fsp3) is 0.395. The lowest BCUT2D eigenvalue weighted by Gasteiger charge is -2.27. The van der Waals surface area contributed by atoms with Crippen LogP contribution in [0.15, 0.2) is 190 Å². The van der Waals surface area contributed by atoms with Crippen molar-refractivity contribution in [2.24, 2.45) is 20.0 Å². The van der Waals surface area contributed by atoms with Crippen molar-refractivity contribution >= 4 is 24.9 Å². The molecule has 0 aromatic heterocycles. The van der Waals surface area contributed by atoms with E-state index >= 15 is 0 Å². The summed E-state index contributed by atoms with van der Waals surface area (Å²) in [6.07, 6.45) is 9.37. The van der Waals surface area contributed by atoms with Gasteiger partial charge in [-0.05, 0) is 129 Å². The Balaban J connectivity index is 1.03. The van der Waals surface area contributed by atoms with Gasteiger partial charge in [-0.25, -0.2) is 0 Å². The van der Waals surface area contributed by atoms with E-state index in [4.69, 9.17) is 20.0 Å². The molecule has 2 fully saturated rings. The van der Waals surface area contributed by atoms with Crippen LogP contribution in [0.3, 0.4) is 0 Å². The number of fused-ring (bicyclic) bond motifs is 14. The molecule has 12 bridgehead atoms. The number of nitrogens with zero attached hydrogens (tertiary/aromatic N) is 8. The molecule has 0 aliphatic carbocycles. The van der Waals surface area contributed by atoms with Crippen LogP contribution in [0.1, 0.15) is 209 Å². The predicted octanol–water partition coefficient (Wildman–Crippen LogP) is 17.5. The molecule has 8 aromatic rings. The van der Waals surface area contributed by atoms with Gasteiger partial charge in [0.1, 0.15) is 47.2 Å². The molecule has 98 heavy (non-hydrogen) atoms. The van der Waals surface area contributed by atoms with Gasteiger partial charge in [-0.15, -0.1) is 0 Å². The van der Waals surface area contributed by atoms with Crippen molar-refractivity contribution in [2.45, 2.75) is 168 Å². The molecule has 8 atom stereocenters. The average molecular weight is 1310 g/mol. The first kappa shape index (κ1) is 70.8. The molecule has 0 saturated carbocycles. The van der Waals surface area contributed by atoms with Gasteiger partial charge in [0.05, 0.1) is 0 Å². The molecule has 12 nitrogen and oxygen atoms in total. The SMILES string of the molecule is CC(C)(C)c1cc2cc(c1O)C=NC(c1ccccc1)C(c1ccccc1)N=Cc1cc(cc(C(C)(C)C)c1O)CN1CCCN(CC1)Cc1cc(c(O)c(C(C)(C)C)c1)C=NC(c1ccccc1)C(c1ccccc1)N=Cc1cc(cc(C(C)(C)C)c1O)CN1CCCN(CC1)C2. The molecule has 3 aliphatic rings. The van der Waals surface area contributed by atoms with Crippen LogP contribution in [0.5, 0.6) is 23.0 Å². The minimum Gasteiger partial charge on any atom is -0.507 e. The van der Waals surface area contributed by atoms with Crippen molar-refractivity contribution in [1.82, 2.24) is 19.6 Å². The van der Waals surface area contributed by atoms with Crippen LogP contribution >= 0.6 is 0 Å². The second-order valence-corrected chi connectivity index (χ2v) is 31.7. The van der Waals surface area contributed by atoms with Gasteiger partial charge >= 0.3 is 0 Å². The van der Waals surface area contributed by atoms with Crippen molar-refractivity contribution < 1.29 is 20.4 Å². The highest BCUT2D eigenvalue weighted by Gasteiger charge is 2.31. The van der Waals surface area contributed by atoms with Crippen LogP contribution in [0.2, 0.25) is 0 Å². The zero-order chi connectivity index (χ0) is 69.5. The molecule has 12 heteroatoms. The van der Waals surface area contributed by atoms with Crippen LogP contribution in [0.25, 0.3) is 0 Å². The van der Waals surface area contributed by atoms with Gasteiger partial charge in [-0.3, -0.25) is 39.6 Å². The van der Waals surface area contributed by atoms with Gasteiger partial charge < -0.3 is 20.4 Å². The largest absolute Gasteiger partial charge is 0.507 e. The summed E-state index contributed by atoms with van der Waals surface area (Å²) < 4.78 is 0. The Labute approximate surface area is 583 Å². The summed E-state index contributed by atoms with van der Waals surface area (Å²) in [6.45, 7) is 35.6. The van der Waals surface area contributed by atoms with E-state index in [9.17, 15) is 20.4 Å². The Morgan fingerprint density at radius 2 is 0.469 bits per heavy atom. The summed E-state index contributed by atoms with van der Waals surface area (Å²) in [7, 11) is 0. The maximum atomic E-state index is 12.4. The third-order valence-electron chi connectivity index (χ3n) is 19.7. The zero-order valence-corrected chi connectivity index (χ0v) is 60.1. The van der Waals surface area contributed by atoms with E-state index in [1.165, 1.54) is 0 Å². The van der Waals surface area contributed by atoms with Gasteiger partial charge in [-0.2, -0.15) is 0 Å². The molecule has 3 heterocycles. The quantitative estimate of drug-likeness (QED) is 0.136. The van der Waals surface area contributed by atoms with Gasteiger partial charge in [-0.1, -0.05) is 229 Å². The fourth-order valence-electron chi connectivity index (χ4n) is 14.3. The molecule has 0 spiro atoms. The molecule has 4 N–H and O–H groups in total. The Morgan fingerprint density at radius 3 is 0.653 bits per heavy atom. The normalized spacial score (nSPS) is 21.9. The number of benzene rings is 8. The summed E-state index contributed by atoms with van der Waals surface area (Å²) in [5.41, 5.74) is 12.9. The van der Waals surface area contributed by atoms with E-state index in [0.717, 1.165) is 132 Å². The highest BCUT2D eigenvalue weighted by Crippen LogP contribution is 2.43. The second-order valence-electron chi connectivity index (χ2n) is 31.7. The Kier molecular flexibility index (Phi) is 21.9. The molecule has 3 aliphatic heterocycles. The highest BCUT2D eigenvalue weighted by atomic mass is 16.3. The minimum absolute atomic E-state index is 0.222. The molecule has 11 rings (SSSR count). The number of hydrogen-bond donors (Lipinski definition) is 4. The van der Waals surface area contributed by atoms with Crippen LogP contribution < -0.4 is 0 Å². The maximum Gasteiger partial charge on any atom is 0.128 e. The van der Waals surface area contributed by atoms with Crippen LogP contribution in [-0.2, 0) is 47.8 Å². The highest BCUT2D eigenvalue weighted by molar-refractivity contribution is 5.88. The third-order valence-corrected chi connectivity index (χ3v) is 19.7. The first-order valence-corrected chi connectivity index (χ1v) is 35.4. The van der Waals surface area contributed by atoms with Crippen molar-refractivity contribution in [3.05, 3.63) is 259 Å². The summed E-state index contributed by atoms with van der Waals surface area (Å²) >= 11 is 0. The van der Waals surface area contributed by atoms with Crippen molar-refractivity contribution in [3.8, 4) is 23.0 Å². The summed E-state index contributed by atoms with van der Waals surface area (Å²) in [5, 5.41) is 49.4. The van der Waals surface area contributed by atoms with Crippen molar-refractivity contribution in [3.63, 3.8) is 0 Å². The Bertz CT molecular complexity index is 3610. The molecule has 2 saturated heterocycles. The lowest BCUT2D eigenvalue weighted by molar-refractivity contribution is 0.247. The number of hydrogen-bond acceptors (Lipinski definition) is 12. The van der Waals surface area contributed by atoms with Crippen LogP contribution in [0, 0.1) is 0 Å². The van der Waals surface area contributed by atoms with E-state index in [1.54, 1.807) is 0 Å². The van der Waals surface area contributed by atoms with Crippen molar-refractivity contribution in [1.29, 1.82) is 0 Å². The van der Waals surface area contributed by atoms with Gasteiger partial charge in [0.25, 0.3) is 0 Å². The maximum absolute atomic E-state index is 12.4. The number of aromatic hydroxyl groups is 4. The van der Waals surface area contributed by atoms with Crippen molar-refractivity contribution in [2.75, 3.05) is 52.4 Å². The van der Waals surface area contributed by atoms with Gasteiger partial charge in [0.2, 0.25) is 0 Å². The molecule has 0 amide bonds. The standard InChI is InChI=1S/C86H104N8O4/c1-83(2,3)71-47-59-43-67(79(71)95)51-87-75(63-27-17-13-18-28-63)76(64-29-19-14-20-30-64)88-52-68-45-61(49-73(80(68)96)85(7,8)9)57-93-37-26-38-94(42-41-93)58-62-46-70(82(98)74(50-62)86(10,11)12)54-90-78(66-33-23-16-24-34-66)77(65-31-21-15-22-32-65)89-53-69-44-60(48-72(81(69)97)84(4,5)6)56-92-36-25-35-91(55-59)39-40-92/h13-24,27-34,43-54,75-78,95-98H,25-26,35-42,55-58H2,1-12H3. The van der Waals surface area contributed by atoms with E-state index in [2.05, 4.69) is 200 Å². The van der Waals surface area contributed by atoms with Gasteiger partial charge in [0, 0.05) is 122 Å². The van der Waals surface area contributed by atoms with E-state index in [-0.39, 0.29) is 44.7 Å². The molecule has 8 unspecified atom stereocenters. The summed E-state index contributed by atoms with van der Waals surface area (Å²) in [5.74, 6) is 0.889. The first-order chi connectivity index (χ1) is 46.7. The van der Waals surface area contributed by atoms with E-state index < -0.39 is 24.2 Å². The van der Waals surface area contributed by atoms with Crippen LogP contribution in [0.4, 0.5) is 0 Å². The Hall–Kier alpha value is -8.52. The topological polar surface area (TPSA) is 143 Å². The lowest BCUT2D eigenvalue weighted by atomic mass is 9.84. The number of phenols is 4. The predicted molar refractivity (Wildman–Crippen MR) is 405 cm³/mol. The number of rotatable bonds is 4. The summed E-state index contributed by atoms with van der Waals surface area (Å²) in [6, 6.07) is 56.4. The Morgan fingerprint density at radius 1 is 0.276 bits per heavy atom. The fourth-order valence-corrected chi connectivity index (χ4v) is 14.3. The monoisotopic (exact) mass is 1310 g/mol. The number of aliphatic imine (C=N–C) groups is 4. The van der Waals surface area contributed by atoms with Gasteiger partial charge in [0.15, 0.2) is 0 Å². The molecular formula is C86H104N8O4. The molecule has 512 valence electrons. The third kappa shape index (κ3) is 17.5. The molecule has 0 radical (unpaired) electrons. The average Bonchev–Trinajstić information content (AvgIpc) is 0.928. The molecule has 8 aromatic carbocycles. The summed E-state index contributed by atoms with van der Waals surface area (Å²) in [4.78, 5) is 32.1. The minimum atomic E-state index is -0.507. The second kappa shape index (κ2) is 30.3. The first-order valence-electron chi connectivity index (χ1n) is 35.4. The van der Waals surface area contributed by atoms with E-state index in [1.807, 2.05) is 97.7 Å². The molecular weight excluding hydrogens is 1210 g/mol. The van der Waals surface area contributed by atoms with E-state index in [0.29, 0.717) is 48.4 Å². The smallest absolute Gasteiger partial charge is 0.128 e. The zero-order valence-electron chi connectivity index (χ0n) is 60.1. The number of phenolic OH excluding ortho intramolecular Hbond substituents is 4. The van der Waals surface area contributed by atoms with Crippen LogP contribution in [-0.4, -0.2) is 117 Å².